The van der Waals surface area contributed by atoms with Gasteiger partial charge in [0.2, 0.25) is 47.3 Å². The van der Waals surface area contributed by atoms with E-state index in [4.69, 9.17) is 0 Å². The van der Waals surface area contributed by atoms with Crippen LogP contribution in [0, 0.1) is 58.2 Å². The van der Waals surface area contributed by atoms with Crippen LogP contribution in [0.25, 0.3) is 0 Å². The van der Waals surface area contributed by atoms with Gasteiger partial charge in [-0.15, -0.1) is 0 Å². The number of allylic oxidation sites excluding steroid dienone is 4. The highest BCUT2D eigenvalue weighted by molar-refractivity contribution is 6.07. The second-order valence-electron chi connectivity index (χ2n) is 27.3. The maximum absolute atomic E-state index is 12.8. The van der Waals surface area contributed by atoms with Crippen molar-refractivity contribution in [3.05, 3.63) is 96.7 Å². The molecule has 8 atom stereocenters. The van der Waals surface area contributed by atoms with Crippen LogP contribution in [-0.2, 0) is 57.5 Å². The molecular formula is C70H100N8O12. The van der Waals surface area contributed by atoms with Gasteiger partial charge < -0.3 is 0 Å². The van der Waals surface area contributed by atoms with Gasteiger partial charge in [0.05, 0.1) is 11.8 Å². The average molecular weight is 1250 g/mol. The highest BCUT2D eigenvalue weighted by atomic mass is 16.2. The summed E-state index contributed by atoms with van der Waals surface area (Å²) >= 11 is 0. The van der Waals surface area contributed by atoms with Crippen LogP contribution in [-0.4, -0.2) is 137 Å². The van der Waals surface area contributed by atoms with Crippen molar-refractivity contribution in [2.75, 3.05) is 26.7 Å². The summed E-state index contributed by atoms with van der Waals surface area (Å²) in [7, 11) is 0. The third-order valence-corrected chi connectivity index (χ3v) is 19.3. The largest absolute Gasteiger partial charge is 0.291 e. The van der Waals surface area contributed by atoms with Gasteiger partial charge in [0.15, 0.2) is 0 Å². The van der Waals surface area contributed by atoms with Crippen LogP contribution >= 0.6 is 0 Å². The molecule has 12 amide bonds. The third-order valence-electron chi connectivity index (χ3n) is 19.3. The summed E-state index contributed by atoms with van der Waals surface area (Å²) in [6, 6.07) is 0. The normalized spacial score (nSPS) is 23.5. The van der Waals surface area contributed by atoms with Crippen molar-refractivity contribution in [1.29, 1.82) is 0 Å². The van der Waals surface area contributed by atoms with Crippen LogP contribution in [0.15, 0.2) is 96.7 Å². The van der Waals surface area contributed by atoms with E-state index in [1.54, 1.807) is 38.2 Å². The van der Waals surface area contributed by atoms with Crippen LogP contribution in [0.1, 0.15) is 187 Å². The van der Waals surface area contributed by atoms with E-state index >= 15 is 0 Å². The summed E-state index contributed by atoms with van der Waals surface area (Å²) in [5.41, 5.74) is 2.77. The molecule has 0 bridgehead atoms. The molecule has 0 aromatic rings. The van der Waals surface area contributed by atoms with E-state index in [9.17, 15) is 57.5 Å². The quantitative estimate of drug-likeness (QED) is 0.0822. The molecule has 8 aliphatic rings. The van der Waals surface area contributed by atoms with E-state index in [2.05, 4.69) is 95.6 Å². The Hall–Kier alpha value is -7.64. The Bertz CT molecular complexity index is 3020. The Morgan fingerprint density at radius 1 is 0.422 bits per heavy atom. The van der Waals surface area contributed by atoms with Gasteiger partial charge in [-0.3, -0.25) is 96.7 Å². The van der Waals surface area contributed by atoms with Gasteiger partial charge >= 0.3 is 0 Å². The zero-order valence-corrected chi connectivity index (χ0v) is 56.1. The predicted molar refractivity (Wildman–Crippen MR) is 342 cm³/mol. The zero-order chi connectivity index (χ0) is 67.6. The molecule has 8 aliphatic heterocycles. The first-order chi connectivity index (χ1) is 42.1. The zero-order valence-electron chi connectivity index (χ0n) is 56.1. The fraction of sp³-hybridized carbons (Fsp3) is 0.600. The van der Waals surface area contributed by atoms with E-state index in [-0.39, 0.29) is 170 Å². The Labute approximate surface area is 533 Å². The molecule has 0 aromatic heterocycles. The fourth-order valence-electron chi connectivity index (χ4n) is 13.0. The lowest BCUT2D eigenvalue weighted by Crippen LogP contribution is -2.43. The lowest BCUT2D eigenvalue weighted by molar-refractivity contribution is -0.146. The number of likely N-dealkylation sites (tertiary alicyclic amines) is 4. The number of amides is 12. The first-order valence-corrected chi connectivity index (χ1v) is 32.2. The highest BCUT2D eigenvalue weighted by Crippen LogP contribution is 2.43. The van der Waals surface area contributed by atoms with Crippen LogP contribution in [0.4, 0.5) is 0 Å². The predicted octanol–water partition coefficient (Wildman–Crippen LogP) is 10.3. The number of hydrogen-bond donors (Lipinski definition) is 0. The molecule has 90 heavy (non-hydrogen) atoms. The van der Waals surface area contributed by atoms with Gasteiger partial charge in [-0.2, -0.15) is 0 Å². The Morgan fingerprint density at radius 2 is 0.722 bits per heavy atom. The molecule has 492 valence electrons. The fourth-order valence-corrected chi connectivity index (χ4v) is 13.0. The van der Waals surface area contributed by atoms with E-state index in [1.807, 2.05) is 13.8 Å². The minimum absolute atomic E-state index is 0.0137. The van der Waals surface area contributed by atoms with Gasteiger partial charge in [0.25, 0.3) is 23.6 Å². The summed E-state index contributed by atoms with van der Waals surface area (Å²) in [5, 5.41) is 0. The number of unbranched alkanes of at least 4 members (excludes halogenated alkanes) is 2. The van der Waals surface area contributed by atoms with Gasteiger partial charge in [-0.05, 0) is 98.3 Å². The lowest BCUT2D eigenvalue weighted by atomic mass is 9.72. The van der Waals surface area contributed by atoms with Crippen LogP contribution < -0.4 is 0 Å². The summed E-state index contributed by atoms with van der Waals surface area (Å²) in [5.74, 6) is -2.03. The summed E-state index contributed by atoms with van der Waals surface area (Å²) in [6.07, 6.45) is 20.4. The second kappa shape index (κ2) is 30.9. The smallest absolute Gasteiger partial charge is 0.255 e. The topological polar surface area (TPSA) is 231 Å². The maximum Gasteiger partial charge on any atom is 0.255 e. The lowest BCUT2D eigenvalue weighted by Gasteiger charge is -2.32. The van der Waals surface area contributed by atoms with E-state index in [0.717, 1.165) is 64.2 Å². The van der Waals surface area contributed by atoms with Crippen molar-refractivity contribution in [2.45, 2.75) is 187 Å². The van der Waals surface area contributed by atoms with Crippen molar-refractivity contribution >= 4 is 70.9 Å². The van der Waals surface area contributed by atoms with Crippen molar-refractivity contribution in [3.63, 3.8) is 0 Å². The third kappa shape index (κ3) is 17.0. The molecule has 0 N–H and O–H groups in total. The molecule has 0 saturated carbocycles. The SMILES string of the molecule is C=C1C=C(C)C(=O)N1CN1C(=O)CC(C(C)(C)CC(C)CC)C1=O.C=C1C=C(C)C(=O)N1CN1C(=O)CC(C(C)CCCC)C1=O.C=C1C=CC(=O)N1CN1C(=O)CC(C(C)(C)CC(C)CC)C1=O.C=C1C=CC(=O)N1CN1C(=O)CC(C(C)CCCC)C1=O. The molecule has 20 heteroatoms. The molecule has 4 fully saturated rings. The number of nitrogens with zero attached hydrogens (tertiary/aromatic N) is 8. The number of carbonyl (C=O) groups excluding carboxylic acids is 12. The van der Waals surface area contributed by atoms with Crippen molar-refractivity contribution in [1.82, 2.24) is 39.2 Å². The number of imide groups is 4. The molecule has 0 spiro atoms. The second-order valence-corrected chi connectivity index (χ2v) is 27.3. The van der Waals surface area contributed by atoms with Crippen molar-refractivity contribution in [2.24, 2.45) is 58.2 Å². The Kier molecular flexibility index (Phi) is 25.1. The van der Waals surface area contributed by atoms with Crippen LogP contribution in [0.3, 0.4) is 0 Å². The first kappa shape index (κ1) is 73.1. The molecule has 0 aliphatic carbocycles. The minimum Gasteiger partial charge on any atom is -0.291 e. The van der Waals surface area contributed by atoms with Crippen LogP contribution in [0.5, 0.6) is 0 Å². The average Bonchev–Trinajstić information content (AvgIpc) is 2.05. The maximum atomic E-state index is 12.8. The van der Waals surface area contributed by atoms with Crippen LogP contribution in [0.2, 0.25) is 0 Å². The monoisotopic (exact) mass is 1240 g/mol. The van der Waals surface area contributed by atoms with Gasteiger partial charge in [-0.1, -0.05) is 148 Å². The van der Waals surface area contributed by atoms with E-state index < -0.39 is 0 Å². The summed E-state index contributed by atoms with van der Waals surface area (Å²) < 4.78 is 0. The first-order valence-electron chi connectivity index (χ1n) is 32.2. The van der Waals surface area contributed by atoms with Crippen molar-refractivity contribution in [3.8, 4) is 0 Å². The standard InChI is InChI=1S/C19H28N2O3.C18H26N2O3.C17H24N2O3.C16H22N2O3/c1-7-12(2)10-19(5,6)15-9-16(22)21(18(15)24)11-20-14(4)8-13(3)17(20)23;1-6-12(2)10-18(4,5)14-9-16(22)20(17(14)23)11-19-13(3)7-8-15(19)21;1-5-6-7-11(2)14-9-15(20)19(17(14)22)10-18-13(4)8-12(3)16(18)21;1-4-5-6-11(2)13-9-15(20)18(16(13)21)10-17-12(3)7-8-14(17)19/h8,12,15H,4,7,9-11H2,1-3,5-6H3;7-8,12,14H,3,6,9-11H2,1-2,4-5H3;8,11,14H,4-7,9-10H2,1-3H3;7-8,11,13H,3-6,9-10H2,1-2H3. The van der Waals surface area contributed by atoms with E-state index in [0.29, 0.717) is 45.8 Å². The minimum atomic E-state index is -0.320. The molecule has 8 rings (SSSR count). The summed E-state index contributed by atoms with van der Waals surface area (Å²) in [6.45, 7) is 43.6. The van der Waals surface area contributed by atoms with Gasteiger partial charge in [-0.25, -0.2) is 0 Å². The molecule has 0 radical (unpaired) electrons. The molecule has 20 nitrogen and oxygen atoms in total. The molecule has 8 unspecified atom stereocenters. The number of carbonyl (C=O) groups is 12. The molecular weight excluding hydrogens is 1140 g/mol. The molecule has 4 saturated heterocycles. The molecule has 0 aromatic carbocycles. The summed E-state index contributed by atoms with van der Waals surface area (Å²) in [4.78, 5) is 157. The Balaban J connectivity index is 0.000000218. The highest BCUT2D eigenvalue weighted by Gasteiger charge is 2.50. The molecule has 8 heterocycles. The van der Waals surface area contributed by atoms with Gasteiger partial charge in [0.1, 0.15) is 26.7 Å². The van der Waals surface area contributed by atoms with Gasteiger partial charge in [0, 0.05) is 83.6 Å². The number of rotatable bonds is 24. The Morgan fingerprint density at radius 3 is 0.989 bits per heavy atom. The van der Waals surface area contributed by atoms with E-state index in [1.165, 1.54) is 51.4 Å². The number of hydrogen-bond acceptors (Lipinski definition) is 12. The van der Waals surface area contributed by atoms with Crippen molar-refractivity contribution < 1.29 is 57.5 Å².